The van der Waals surface area contributed by atoms with E-state index in [0.717, 1.165) is 38.0 Å². The molecule has 4 heterocycles. The molecular weight excluding hydrogens is 332 g/mol. The molecule has 2 aromatic rings. The maximum Gasteiger partial charge on any atom is 0.412 e. The first-order valence-electron chi connectivity index (χ1n) is 7.94. The number of hydrogen-bond donors (Lipinski definition) is 1. The van der Waals surface area contributed by atoms with Gasteiger partial charge in [-0.2, -0.15) is 5.10 Å². The third-order valence-corrected chi connectivity index (χ3v) is 5.23. The molecule has 2 bridgehead atoms. The Morgan fingerprint density at radius 1 is 1.29 bits per heavy atom. The van der Waals surface area contributed by atoms with Crippen LogP contribution in [0.25, 0.3) is 10.9 Å². The fourth-order valence-electron chi connectivity index (χ4n) is 3.87. The van der Waals surface area contributed by atoms with Crippen molar-refractivity contribution in [2.24, 2.45) is 11.7 Å². The number of rotatable bonds is 2. The molecule has 24 heavy (non-hydrogen) atoms. The number of aromatic nitrogens is 2. The van der Waals surface area contributed by atoms with E-state index in [-0.39, 0.29) is 11.7 Å². The first-order valence-corrected chi connectivity index (χ1v) is 8.32. The Morgan fingerprint density at radius 2 is 2.04 bits per heavy atom. The number of ether oxygens (including phenoxy) is 1. The van der Waals surface area contributed by atoms with Crippen molar-refractivity contribution in [3.63, 3.8) is 0 Å². The summed E-state index contributed by atoms with van der Waals surface area (Å²) in [5.74, 6) is -0.316. The normalized spacial score (nSPS) is 25.8. The Hall–Kier alpha value is -2.12. The topological polar surface area (TPSA) is 90.5 Å². The first kappa shape index (κ1) is 15.4. The number of hydrogen-bond acceptors (Lipinski definition) is 5. The quantitative estimate of drug-likeness (QED) is 0.663. The summed E-state index contributed by atoms with van der Waals surface area (Å²) in [5.41, 5.74) is 5.84. The zero-order valence-corrected chi connectivity index (χ0v) is 13.7. The van der Waals surface area contributed by atoms with Crippen LogP contribution in [0.5, 0.6) is 0 Å². The minimum atomic E-state index is -1.15. The molecule has 7 nitrogen and oxygen atoms in total. The molecule has 3 aliphatic rings. The predicted octanol–water partition coefficient (Wildman–Crippen LogP) is 2.19. The van der Waals surface area contributed by atoms with E-state index in [1.807, 2.05) is 10.7 Å². The van der Waals surface area contributed by atoms with Crippen LogP contribution in [0.15, 0.2) is 18.2 Å². The van der Waals surface area contributed by atoms with E-state index in [2.05, 4.69) is 14.7 Å². The monoisotopic (exact) mass is 348 g/mol. The highest BCUT2D eigenvalue weighted by molar-refractivity contribution is 6.31. The second-order valence-corrected chi connectivity index (χ2v) is 6.81. The molecule has 0 spiro atoms. The zero-order chi connectivity index (χ0) is 16.8. The molecule has 0 saturated carbocycles. The molecule has 1 aromatic heterocycles. The van der Waals surface area contributed by atoms with E-state index in [9.17, 15) is 9.59 Å². The lowest BCUT2D eigenvalue weighted by Crippen LogP contribution is -2.48. The van der Waals surface area contributed by atoms with Crippen molar-refractivity contribution in [1.29, 1.82) is 0 Å². The van der Waals surface area contributed by atoms with Crippen LogP contribution in [0.3, 0.4) is 0 Å². The third-order valence-electron chi connectivity index (χ3n) is 4.99. The van der Waals surface area contributed by atoms with Crippen LogP contribution in [0.1, 0.15) is 29.4 Å². The molecule has 8 heteroatoms. The van der Waals surface area contributed by atoms with E-state index < -0.39 is 12.1 Å². The maximum absolute atomic E-state index is 12.2. The van der Waals surface area contributed by atoms with Gasteiger partial charge in [-0.3, -0.25) is 4.68 Å². The average molecular weight is 349 g/mol. The van der Waals surface area contributed by atoms with Crippen LogP contribution in [-0.2, 0) is 4.74 Å². The number of primary amides is 1. The molecule has 1 amide bonds. The van der Waals surface area contributed by atoms with Crippen LogP contribution >= 0.6 is 11.6 Å². The number of nitrogens with two attached hydrogens (primary N) is 1. The molecule has 1 aromatic carbocycles. The summed E-state index contributed by atoms with van der Waals surface area (Å²) in [5, 5.41) is 5.54. The Kier molecular flexibility index (Phi) is 3.69. The van der Waals surface area contributed by atoms with E-state index in [0.29, 0.717) is 16.3 Å². The summed E-state index contributed by atoms with van der Waals surface area (Å²) in [6.07, 6.45) is 1.11. The molecule has 0 unspecified atom stereocenters. The number of amides is 1. The number of carbonyl (C=O) groups excluding carboxylic acids is 2. The highest BCUT2D eigenvalue weighted by atomic mass is 35.5. The zero-order valence-electron chi connectivity index (χ0n) is 12.9. The summed E-state index contributed by atoms with van der Waals surface area (Å²) in [4.78, 5) is 25.5. The van der Waals surface area contributed by atoms with Crippen LogP contribution in [-0.4, -0.2) is 46.4 Å². The minimum Gasteiger partial charge on any atom is -0.371 e. The second kappa shape index (κ2) is 5.75. The lowest BCUT2D eigenvalue weighted by Gasteiger charge is -2.44. The molecule has 3 aliphatic heterocycles. The lowest BCUT2D eigenvalue weighted by molar-refractivity contribution is 0.0518. The van der Waals surface area contributed by atoms with E-state index in [1.165, 1.54) is 0 Å². The van der Waals surface area contributed by atoms with Gasteiger partial charge in [0.25, 0.3) is 0 Å². The van der Waals surface area contributed by atoms with Crippen LogP contribution in [0.2, 0.25) is 5.02 Å². The van der Waals surface area contributed by atoms with Crippen molar-refractivity contribution in [3.8, 4) is 0 Å². The number of halogens is 1. The molecule has 3 saturated heterocycles. The summed E-state index contributed by atoms with van der Waals surface area (Å²) < 4.78 is 6.41. The minimum absolute atomic E-state index is 0.0720. The fraction of sp³-hybridized carbons (Fsp3) is 0.438. The predicted molar refractivity (Wildman–Crippen MR) is 87.9 cm³/mol. The number of esters is 1. The third kappa shape index (κ3) is 2.53. The van der Waals surface area contributed by atoms with Gasteiger partial charge in [0.15, 0.2) is 5.69 Å². The molecule has 0 aliphatic carbocycles. The van der Waals surface area contributed by atoms with Crippen molar-refractivity contribution >= 4 is 34.6 Å². The Morgan fingerprint density at radius 3 is 2.67 bits per heavy atom. The second-order valence-electron chi connectivity index (χ2n) is 6.37. The SMILES string of the molecule is NC(=O)OC(=O)c1nn([C@H]2CN3CCC2CC3)c2ccc(Cl)cc12. The maximum atomic E-state index is 12.2. The largest absolute Gasteiger partial charge is 0.412 e. The van der Waals surface area contributed by atoms with Crippen LogP contribution in [0.4, 0.5) is 4.79 Å². The number of nitrogens with zero attached hydrogens (tertiary/aromatic N) is 3. The van der Waals surface area contributed by atoms with Crippen molar-refractivity contribution in [3.05, 3.63) is 28.9 Å². The van der Waals surface area contributed by atoms with Gasteiger partial charge in [0.05, 0.1) is 11.6 Å². The first-order chi connectivity index (χ1) is 11.5. The van der Waals surface area contributed by atoms with Gasteiger partial charge in [-0.1, -0.05) is 11.6 Å². The number of fused-ring (bicyclic) bond motifs is 4. The molecule has 1 atom stereocenters. The van der Waals surface area contributed by atoms with Gasteiger partial charge < -0.3 is 15.4 Å². The standard InChI is InChI=1S/C16H17ClN4O3/c17-10-1-2-12-11(7-10)14(15(22)24-16(18)23)19-21(12)13-8-20-5-3-9(13)4-6-20/h1-2,7,9,13H,3-6,8H2,(H2,18,23)/t13-/m0/s1. The van der Waals surface area contributed by atoms with Gasteiger partial charge in [0.2, 0.25) is 0 Å². The summed E-state index contributed by atoms with van der Waals surface area (Å²) in [7, 11) is 0. The molecule has 126 valence electrons. The Bertz CT molecular complexity index is 826. The summed E-state index contributed by atoms with van der Waals surface area (Å²) >= 11 is 6.07. The summed E-state index contributed by atoms with van der Waals surface area (Å²) in [6, 6.07) is 5.49. The number of carbonyl (C=O) groups is 2. The average Bonchev–Trinajstić information content (AvgIpc) is 2.94. The van der Waals surface area contributed by atoms with Gasteiger partial charge >= 0.3 is 12.1 Å². The molecule has 0 radical (unpaired) electrons. The summed E-state index contributed by atoms with van der Waals surface area (Å²) in [6.45, 7) is 3.14. The molecule has 2 N–H and O–H groups in total. The Balaban J connectivity index is 1.81. The van der Waals surface area contributed by atoms with Crippen LogP contribution in [0, 0.1) is 5.92 Å². The van der Waals surface area contributed by atoms with Crippen molar-refractivity contribution in [1.82, 2.24) is 14.7 Å². The van der Waals surface area contributed by atoms with E-state index in [1.54, 1.807) is 12.1 Å². The molecule has 3 fully saturated rings. The smallest absolute Gasteiger partial charge is 0.371 e. The fourth-order valence-corrected chi connectivity index (χ4v) is 4.04. The van der Waals surface area contributed by atoms with E-state index in [4.69, 9.17) is 17.3 Å². The Labute approximate surface area is 143 Å². The van der Waals surface area contributed by atoms with Gasteiger partial charge in [-0.15, -0.1) is 0 Å². The highest BCUT2D eigenvalue weighted by Crippen LogP contribution is 2.37. The molecular formula is C16H17ClN4O3. The highest BCUT2D eigenvalue weighted by Gasteiger charge is 2.37. The van der Waals surface area contributed by atoms with Crippen molar-refractivity contribution in [2.45, 2.75) is 18.9 Å². The van der Waals surface area contributed by atoms with Gasteiger partial charge in [0.1, 0.15) is 0 Å². The van der Waals surface area contributed by atoms with Crippen molar-refractivity contribution in [2.75, 3.05) is 19.6 Å². The number of benzene rings is 1. The van der Waals surface area contributed by atoms with Crippen LogP contribution < -0.4 is 5.73 Å². The van der Waals surface area contributed by atoms with E-state index >= 15 is 0 Å². The van der Waals surface area contributed by atoms with Gasteiger partial charge in [-0.25, -0.2) is 9.59 Å². The molecule has 5 rings (SSSR count). The van der Waals surface area contributed by atoms with Gasteiger partial charge in [0, 0.05) is 17.0 Å². The van der Waals surface area contributed by atoms with Crippen molar-refractivity contribution < 1.29 is 14.3 Å². The van der Waals surface area contributed by atoms with Gasteiger partial charge in [-0.05, 0) is 50.0 Å². The number of piperidine rings is 3. The lowest BCUT2D eigenvalue weighted by atomic mass is 9.84.